The Balaban J connectivity index is 1.40. The number of nitrogens with one attached hydrogen (secondary N) is 1. The van der Waals surface area contributed by atoms with E-state index < -0.39 is 21.7 Å². The van der Waals surface area contributed by atoms with E-state index in [1.807, 2.05) is 0 Å². The van der Waals surface area contributed by atoms with Crippen molar-refractivity contribution in [3.63, 3.8) is 0 Å². The van der Waals surface area contributed by atoms with Crippen molar-refractivity contribution >= 4 is 27.4 Å². The SMILES string of the molecule is C[C@@H]1CC(=O)c2c(OCC(=O)Nc3ccc(S(=O)(=O)N4CCCC4)cc3)ccc(F)c21. The van der Waals surface area contributed by atoms with Crippen LogP contribution in [0.1, 0.15) is 48.0 Å². The quantitative estimate of drug-likeness (QED) is 0.735. The van der Waals surface area contributed by atoms with Gasteiger partial charge in [0.05, 0.1) is 10.5 Å². The minimum atomic E-state index is -3.52. The summed E-state index contributed by atoms with van der Waals surface area (Å²) in [7, 11) is -3.52. The number of ether oxygens (including phenoxy) is 1. The summed E-state index contributed by atoms with van der Waals surface area (Å²) in [5.74, 6) is -1.17. The molecule has 7 nitrogen and oxygen atoms in total. The molecule has 1 aliphatic carbocycles. The van der Waals surface area contributed by atoms with Gasteiger partial charge in [-0.25, -0.2) is 12.8 Å². The van der Waals surface area contributed by atoms with Gasteiger partial charge < -0.3 is 10.1 Å². The lowest BCUT2D eigenvalue weighted by molar-refractivity contribution is -0.118. The van der Waals surface area contributed by atoms with E-state index in [0.29, 0.717) is 24.3 Å². The van der Waals surface area contributed by atoms with Crippen LogP contribution in [-0.4, -0.2) is 44.1 Å². The summed E-state index contributed by atoms with van der Waals surface area (Å²) in [4.78, 5) is 24.6. The standard InChI is InChI=1S/C22H23FN2O5S/c1-14-12-18(26)22-19(9-8-17(23)21(14)22)30-13-20(27)24-15-4-6-16(7-5-15)31(28,29)25-10-2-3-11-25/h4-9,14H,2-3,10-13H2,1H3,(H,24,27)/t14-/m1/s1. The molecule has 1 amide bonds. The van der Waals surface area contributed by atoms with Gasteiger partial charge in [0.25, 0.3) is 5.91 Å². The molecule has 1 heterocycles. The zero-order chi connectivity index (χ0) is 22.2. The lowest BCUT2D eigenvalue weighted by Crippen LogP contribution is -2.27. The van der Waals surface area contributed by atoms with Gasteiger partial charge in [0.2, 0.25) is 10.0 Å². The number of ketones is 1. The van der Waals surface area contributed by atoms with Gasteiger partial charge in [-0.2, -0.15) is 4.31 Å². The number of nitrogens with zero attached hydrogens (tertiary/aromatic N) is 1. The number of carbonyl (C=O) groups excluding carboxylic acids is 2. The van der Waals surface area contributed by atoms with E-state index in [0.717, 1.165) is 12.8 Å². The van der Waals surface area contributed by atoms with Gasteiger partial charge in [-0.15, -0.1) is 0 Å². The maximum absolute atomic E-state index is 14.1. The maximum atomic E-state index is 14.1. The molecule has 164 valence electrons. The minimum absolute atomic E-state index is 0.179. The van der Waals surface area contributed by atoms with E-state index in [-0.39, 0.29) is 40.9 Å². The monoisotopic (exact) mass is 446 g/mol. The fraction of sp³-hybridized carbons (Fsp3) is 0.364. The van der Waals surface area contributed by atoms with Gasteiger partial charge in [-0.05, 0) is 55.2 Å². The largest absolute Gasteiger partial charge is 0.483 e. The first-order chi connectivity index (χ1) is 14.8. The Kier molecular flexibility index (Phi) is 5.81. The molecule has 1 aliphatic heterocycles. The smallest absolute Gasteiger partial charge is 0.262 e. The molecule has 1 fully saturated rings. The normalized spacial score (nSPS) is 18.8. The third-order valence-electron chi connectivity index (χ3n) is 5.62. The topological polar surface area (TPSA) is 92.8 Å². The molecule has 2 aliphatic rings. The van der Waals surface area contributed by atoms with Crippen LogP contribution in [0.5, 0.6) is 5.75 Å². The van der Waals surface area contributed by atoms with Crippen LogP contribution in [0.3, 0.4) is 0 Å². The Morgan fingerprint density at radius 1 is 1.16 bits per heavy atom. The second-order valence-electron chi connectivity index (χ2n) is 7.83. The van der Waals surface area contributed by atoms with Crippen LogP contribution < -0.4 is 10.1 Å². The third-order valence-corrected chi connectivity index (χ3v) is 7.53. The molecule has 4 rings (SSSR count). The first kappa shape index (κ1) is 21.5. The van der Waals surface area contributed by atoms with Gasteiger partial charge in [0.15, 0.2) is 12.4 Å². The van der Waals surface area contributed by atoms with Crippen LogP contribution in [0.2, 0.25) is 0 Å². The van der Waals surface area contributed by atoms with Crippen LogP contribution in [0.25, 0.3) is 0 Å². The number of amides is 1. The molecule has 2 aromatic rings. The maximum Gasteiger partial charge on any atom is 0.262 e. The first-order valence-corrected chi connectivity index (χ1v) is 11.6. The number of fused-ring (bicyclic) bond motifs is 1. The molecule has 0 aromatic heterocycles. The molecule has 0 bridgehead atoms. The van der Waals surface area contributed by atoms with Crippen molar-refractivity contribution in [2.75, 3.05) is 25.0 Å². The van der Waals surface area contributed by atoms with E-state index in [2.05, 4.69) is 5.32 Å². The van der Waals surface area contributed by atoms with Gasteiger partial charge in [-0.3, -0.25) is 9.59 Å². The van der Waals surface area contributed by atoms with Crippen molar-refractivity contribution in [2.24, 2.45) is 0 Å². The number of Topliss-reactive ketones (excluding diaryl/α,β-unsaturated/α-hetero) is 1. The number of hydrogen-bond acceptors (Lipinski definition) is 5. The molecule has 0 unspecified atom stereocenters. The van der Waals surface area contributed by atoms with E-state index in [1.165, 1.54) is 40.7 Å². The minimum Gasteiger partial charge on any atom is -0.483 e. The van der Waals surface area contributed by atoms with E-state index in [1.54, 1.807) is 6.92 Å². The first-order valence-electron chi connectivity index (χ1n) is 10.2. The van der Waals surface area contributed by atoms with Crippen molar-refractivity contribution in [3.05, 3.63) is 53.3 Å². The summed E-state index contributed by atoms with van der Waals surface area (Å²) in [5.41, 5.74) is 0.956. The van der Waals surface area contributed by atoms with E-state index >= 15 is 0 Å². The van der Waals surface area contributed by atoms with Crippen LogP contribution in [-0.2, 0) is 14.8 Å². The van der Waals surface area contributed by atoms with Crippen molar-refractivity contribution in [1.82, 2.24) is 4.31 Å². The molecule has 31 heavy (non-hydrogen) atoms. The summed E-state index contributed by atoms with van der Waals surface area (Å²) in [6.07, 6.45) is 1.93. The number of anilines is 1. The Morgan fingerprint density at radius 3 is 2.52 bits per heavy atom. The Bertz CT molecular complexity index is 1130. The fourth-order valence-corrected chi connectivity index (χ4v) is 5.59. The van der Waals surface area contributed by atoms with E-state index in [4.69, 9.17) is 4.74 Å². The molecule has 9 heteroatoms. The number of rotatable bonds is 6. The van der Waals surface area contributed by atoms with E-state index in [9.17, 15) is 22.4 Å². The highest BCUT2D eigenvalue weighted by Crippen LogP contribution is 2.39. The number of sulfonamides is 1. The predicted octanol–water partition coefficient (Wildman–Crippen LogP) is 3.32. The molecular formula is C22H23FN2O5S. The lowest BCUT2D eigenvalue weighted by Gasteiger charge is -2.16. The van der Waals surface area contributed by atoms with Crippen molar-refractivity contribution < 1.29 is 27.1 Å². The second kappa shape index (κ2) is 8.39. The molecule has 1 atom stereocenters. The molecule has 1 saturated heterocycles. The van der Waals surface area contributed by atoms with Crippen molar-refractivity contribution in [2.45, 2.75) is 37.0 Å². The lowest BCUT2D eigenvalue weighted by atomic mass is 10.0. The molecule has 1 N–H and O–H groups in total. The number of hydrogen-bond donors (Lipinski definition) is 1. The zero-order valence-electron chi connectivity index (χ0n) is 17.1. The zero-order valence-corrected chi connectivity index (χ0v) is 17.9. The fourth-order valence-electron chi connectivity index (χ4n) is 4.07. The summed E-state index contributed by atoms with van der Waals surface area (Å²) in [6, 6.07) is 8.54. The number of benzene rings is 2. The number of halogens is 1. The molecule has 2 aromatic carbocycles. The average molecular weight is 447 g/mol. The van der Waals surface area contributed by atoms with Crippen molar-refractivity contribution in [3.8, 4) is 5.75 Å². The molecule has 0 saturated carbocycles. The predicted molar refractivity (Wildman–Crippen MR) is 112 cm³/mol. The second-order valence-corrected chi connectivity index (χ2v) is 9.77. The molecular weight excluding hydrogens is 423 g/mol. The number of carbonyl (C=O) groups is 2. The highest BCUT2D eigenvalue weighted by atomic mass is 32.2. The van der Waals surface area contributed by atoms with Crippen LogP contribution in [0, 0.1) is 5.82 Å². The van der Waals surface area contributed by atoms with Gasteiger partial charge >= 0.3 is 0 Å². The molecule has 0 radical (unpaired) electrons. The summed E-state index contributed by atoms with van der Waals surface area (Å²) >= 11 is 0. The van der Waals surface area contributed by atoms with Gasteiger partial charge in [0, 0.05) is 30.8 Å². The van der Waals surface area contributed by atoms with Crippen molar-refractivity contribution in [1.29, 1.82) is 0 Å². The Morgan fingerprint density at radius 2 is 1.84 bits per heavy atom. The van der Waals surface area contributed by atoms with Crippen LogP contribution in [0.15, 0.2) is 41.3 Å². The summed E-state index contributed by atoms with van der Waals surface area (Å²) in [5, 5.41) is 2.63. The summed E-state index contributed by atoms with van der Waals surface area (Å²) in [6.45, 7) is 2.45. The summed E-state index contributed by atoms with van der Waals surface area (Å²) < 4.78 is 46.1. The third kappa shape index (κ3) is 4.20. The van der Waals surface area contributed by atoms with Crippen LogP contribution >= 0.6 is 0 Å². The highest BCUT2D eigenvalue weighted by molar-refractivity contribution is 7.89. The van der Waals surface area contributed by atoms with Crippen LogP contribution in [0.4, 0.5) is 10.1 Å². The Labute approximate surface area is 180 Å². The Hall–Kier alpha value is -2.78. The van der Waals surface area contributed by atoms with Gasteiger partial charge in [0.1, 0.15) is 11.6 Å². The molecule has 0 spiro atoms. The van der Waals surface area contributed by atoms with Gasteiger partial charge in [-0.1, -0.05) is 6.92 Å². The highest BCUT2D eigenvalue weighted by Gasteiger charge is 2.32. The average Bonchev–Trinajstić information content (AvgIpc) is 3.37.